The van der Waals surface area contributed by atoms with Crippen LogP contribution >= 0.6 is 11.8 Å². The smallest absolute Gasteiger partial charge is 0.326 e. The van der Waals surface area contributed by atoms with Crippen molar-refractivity contribution in [3.8, 4) is 0 Å². The van der Waals surface area contributed by atoms with Gasteiger partial charge in [0.15, 0.2) is 0 Å². The summed E-state index contributed by atoms with van der Waals surface area (Å²) in [7, 11) is 0. The molecule has 1 rings (SSSR count). The molecule has 0 aromatic rings. The summed E-state index contributed by atoms with van der Waals surface area (Å²) in [6, 6.07) is -0.577. The summed E-state index contributed by atoms with van der Waals surface area (Å²) in [5, 5.41) is 8.91. The van der Waals surface area contributed by atoms with Crippen LogP contribution in [-0.4, -0.2) is 46.5 Å². The van der Waals surface area contributed by atoms with E-state index < -0.39 is 12.0 Å². The molecule has 0 saturated carbocycles. The van der Waals surface area contributed by atoms with Crippen LogP contribution in [0.4, 0.5) is 0 Å². The van der Waals surface area contributed by atoms with Gasteiger partial charge in [-0.3, -0.25) is 4.79 Å². The van der Waals surface area contributed by atoms with E-state index in [0.717, 1.165) is 18.6 Å². The monoisotopic (exact) mass is 231 g/mol. The molecule has 0 spiro atoms. The van der Waals surface area contributed by atoms with Crippen molar-refractivity contribution in [2.45, 2.75) is 31.7 Å². The zero-order valence-electron chi connectivity index (χ0n) is 8.94. The third-order valence-corrected chi connectivity index (χ3v) is 3.29. The molecule has 1 amide bonds. The maximum atomic E-state index is 11.7. The van der Waals surface area contributed by atoms with Crippen molar-refractivity contribution in [2.24, 2.45) is 0 Å². The Labute approximate surface area is 94.0 Å². The summed E-state index contributed by atoms with van der Waals surface area (Å²) >= 11 is 1.71. The van der Waals surface area contributed by atoms with E-state index in [0.29, 0.717) is 19.4 Å². The van der Waals surface area contributed by atoms with E-state index in [1.54, 1.807) is 11.8 Å². The van der Waals surface area contributed by atoms with Crippen LogP contribution in [0.5, 0.6) is 0 Å². The Kier molecular flexibility index (Phi) is 4.94. The molecule has 0 unspecified atom stereocenters. The van der Waals surface area contributed by atoms with Gasteiger partial charge >= 0.3 is 5.97 Å². The van der Waals surface area contributed by atoms with Crippen molar-refractivity contribution < 1.29 is 14.7 Å². The van der Waals surface area contributed by atoms with Gasteiger partial charge in [-0.25, -0.2) is 4.79 Å². The van der Waals surface area contributed by atoms with Crippen molar-refractivity contribution in [3.63, 3.8) is 0 Å². The minimum atomic E-state index is -0.870. The van der Waals surface area contributed by atoms with Gasteiger partial charge in [-0.15, -0.1) is 0 Å². The molecule has 1 heterocycles. The Morgan fingerprint density at radius 2 is 2.27 bits per heavy atom. The Morgan fingerprint density at radius 3 is 2.87 bits per heavy atom. The second kappa shape index (κ2) is 6.00. The second-order valence-corrected chi connectivity index (χ2v) is 4.67. The van der Waals surface area contributed by atoms with Crippen molar-refractivity contribution in [1.82, 2.24) is 4.90 Å². The SMILES string of the molecule is CSCCCC(=O)N1CCC[C@H]1C(=O)O. The summed E-state index contributed by atoms with van der Waals surface area (Å²) in [6.07, 6.45) is 4.72. The van der Waals surface area contributed by atoms with Gasteiger partial charge in [0.2, 0.25) is 5.91 Å². The van der Waals surface area contributed by atoms with E-state index in [2.05, 4.69) is 0 Å². The standard InChI is InChI=1S/C10H17NO3S/c1-15-7-3-5-9(12)11-6-2-4-8(11)10(13)14/h8H,2-7H2,1H3,(H,13,14)/t8-/m0/s1. The minimum Gasteiger partial charge on any atom is -0.480 e. The number of nitrogens with zero attached hydrogens (tertiary/aromatic N) is 1. The highest BCUT2D eigenvalue weighted by Gasteiger charge is 2.33. The summed E-state index contributed by atoms with van der Waals surface area (Å²) in [5.41, 5.74) is 0. The fourth-order valence-corrected chi connectivity index (χ4v) is 2.27. The number of likely N-dealkylation sites (tertiary alicyclic amines) is 1. The Balaban J connectivity index is 2.40. The number of carboxylic acids is 1. The fourth-order valence-electron chi connectivity index (χ4n) is 1.83. The van der Waals surface area contributed by atoms with Crippen LogP contribution in [0, 0.1) is 0 Å². The number of hydrogen-bond donors (Lipinski definition) is 1. The number of carboxylic acid groups (broad SMARTS) is 1. The molecule has 1 aliphatic rings. The van der Waals surface area contributed by atoms with Crippen LogP contribution in [0.2, 0.25) is 0 Å². The van der Waals surface area contributed by atoms with E-state index >= 15 is 0 Å². The molecule has 86 valence electrons. The number of hydrogen-bond acceptors (Lipinski definition) is 3. The first kappa shape index (κ1) is 12.4. The van der Waals surface area contributed by atoms with Crippen molar-refractivity contribution in [3.05, 3.63) is 0 Å². The first-order chi connectivity index (χ1) is 7.16. The lowest BCUT2D eigenvalue weighted by Gasteiger charge is -2.21. The molecular weight excluding hydrogens is 214 g/mol. The van der Waals surface area contributed by atoms with Gasteiger partial charge in [0.25, 0.3) is 0 Å². The topological polar surface area (TPSA) is 57.6 Å². The molecule has 0 aromatic heterocycles. The van der Waals surface area contributed by atoms with Crippen LogP contribution < -0.4 is 0 Å². The molecule has 1 atom stereocenters. The van der Waals surface area contributed by atoms with Gasteiger partial charge in [-0.2, -0.15) is 11.8 Å². The number of aliphatic carboxylic acids is 1. The van der Waals surface area contributed by atoms with Crippen molar-refractivity contribution >= 4 is 23.6 Å². The molecule has 5 heteroatoms. The van der Waals surface area contributed by atoms with Crippen molar-refractivity contribution in [1.29, 1.82) is 0 Å². The molecule has 1 fully saturated rings. The van der Waals surface area contributed by atoms with Gasteiger partial charge in [0, 0.05) is 13.0 Å². The number of thioether (sulfide) groups is 1. The number of amides is 1. The molecule has 1 N–H and O–H groups in total. The average molecular weight is 231 g/mol. The number of carbonyl (C=O) groups excluding carboxylic acids is 1. The lowest BCUT2D eigenvalue weighted by molar-refractivity contribution is -0.148. The summed E-state index contributed by atoms with van der Waals surface area (Å²) in [4.78, 5) is 24.1. The first-order valence-corrected chi connectivity index (χ1v) is 6.57. The maximum absolute atomic E-state index is 11.7. The second-order valence-electron chi connectivity index (χ2n) is 3.68. The van der Waals surface area contributed by atoms with Crippen LogP contribution in [0.15, 0.2) is 0 Å². The zero-order chi connectivity index (χ0) is 11.3. The molecule has 0 aromatic carbocycles. The molecule has 0 aliphatic carbocycles. The van der Waals surface area contributed by atoms with E-state index in [1.165, 1.54) is 4.90 Å². The molecule has 1 saturated heterocycles. The van der Waals surface area contributed by atoms with Gasteiger partial charge < -0.3 is 10.0 Å². The predicted octanol–water partition coefficient (Wildman–Crippen LogP) is 1.21. The normalized spacial score (nSPS) is 20.6. The molecule has 1 aliphatic heterocycles. The van der Waals surface area contributed by atoms with Gasteiger partial charge in [-0.05, 0) is 31.3 Å². The number of carbonyl (C=O) groups is 2. The molecule has 0 radical (unpaired) electrons. The zero-order valence-corrected chi connectivity index (χ0v) is 9.76. The lowest BCUT2D eigenvalue weighted by Crippen LogP contribution is -2.40. The van der Waals surface area contributed by atoms with E-state index in [1.807, 2.05) is 6.26 Å². The molecule has 15 heavy (non-hydrogen) atoms. The molecule has 0 bridgehead atoms. The van der Waals surface area contributed by atoms with E-state index in [4.69, 9.17) is 5.11 Å². The molecule has 4 nitrogen and oxygen atoms in total. The Hall–Kier alpha value is -0.710. The first-order valence-electron chi connectivity index (χ1n) is 5.18. The van der Waals surface area contributed by atoms with Crippen LogP contribution in [0.3, 0.4) is 0 Å². The van der Waals surface area contributed by atoms with Crippen molar-refractivity contribution in [2.75, 3.05) is 18.6 Å². The summed E-state index contributed by atoms with van der Waals surface area (Å²) in [5.74, 6) is 0.0804. The quantitative estimate of drug-likeness (QED) is 0.722. The van der Waals surface area contributed by atoms with Crippen LogP contribution in [-0.2, 0) is 9.59 Å². The highest BCUT2D eigenvalue weighted by Crippen LogP contribution is 2.19. The summed E-state index contributed by atoms with van der Waals surface area (Å²) < 4.78 is 0. The highest BCUT2D eigenvalue weighted by molar-refractivity contribution is 7.98. The Morgan fingerprint density at radius 1 is 1.53 bits per heavy atom. The lowest BCUT2D eigenvalue weighted by atomic mass is 10.2. The fraction of sp³-hybridized carbons (Fsp3) is 0.800. The predicted molar refractivity (Wildman–Crippen MR) is 60.0 cm³/mol. The minimum absolute atomic E-state index is 0.00560. The Bertz CT molecular complexity index is 245. The number of rotatable bonds is 5. The van der Waals surface area contributed by atoms with Gasteiger partial charge in [0.1, 0.15) is 6.04 Å². The van der Waals surface area contributed by atoms with Crippen LogP contribution in [0.1, 0.15) is 25.7 Å². The van der Waals surface area contributed by atoms with Gasteiger partial charge in [-0.1, -0.05) is 0 Å². The highest BCUT2D eigenvalue weighted by atomic mass is 32.2. The van der Waals surface area contributed by atoms with E-state index in [-0.39, 0.29) is 5.91 Å². The van der Waals surface area contributed by atoms with E-state index in [9.17, 15) is 9.59 Å². The largest absolute Gasteiger partial charge is 0.480 e. The van der Waals surface area contributed by atoms with Gasteiger partial charge in [0.05, 0.1) is 0 Å². The third kappa shape index (κ3) is 3.41. The molecular formula is C10H17NO3S. The summed E-state index contributed by atoms with van der Waals surface area (Å²) in [6.45, 7) is 0.606. The third-order valence-electron chi connectivity index (χ3n) is 2.60. The van der Waals surface area contributed by atoms with Crippen LogP contribution in [0.25, 0.3) is 0 Å². The average Bonchev–Trinajstić information content (AvgIpc) is 2.66. The maximum Gasteiger partial charge on any atom is 0.326 e.